The number of ketones is 2. The van der Waals surface area contributed by atoms with Crippen molar-refractivity contribution < 1.29 is 28.7 Å². The van der Waals surface area contributed by atoms with E-state index in [-0.39, 0.29) is 34.8 Å². The van der Waals surface area contributed by atoms with Crippen LogP contribution >= 0.6 is 0 Å². The largest absolute Gasteiger partial charge is 0.496 e. The lowest BCUT2D eigenvalue weighted by Gasteiger charge is -2.20. The smallest absolute Gasteiger partial charge is 0.306 e. The van der Waals surface area contributed by atoms with Gasteiger partial charge in [-0.25, -0.2) is 0 Å². The van der Waals surface area contributed by atoms with Gasteiger partial charge in [0.25, 0.3) is 5.91 Å². The standard InChI is InChI=1S/C26H21NO6/c1-32-21-12-5-2-7-16(21)13-14-23(29)33-15-22(28)27-20-11-6-10-19-24(20)26(31)18-9-4-3-8-17(18)25(19)30/h2-12H,13-15H2,1H3,(H,27,28). The maximum Gasteiger partial charge on any atom is 0.306 e. The topological polar surface area (TPSA) is 98.8 Å². The minimum Gasteiger partial charge on any atom is -0.496 e. The van der Waals surface area contributed by atoms with Crippen molar-refractivity contribution in [1.29, 1.82) is 0 Å². The summed E-state index contributed by atoms with van der Waals surface area (Å²) in [5, 5.41) is 2.59. The molecular weight excluding hydrogens is 422 g/mol. The second-order valence-electron chi connectivity index (χ2n) is 7.45. The molecule has 0 spiro atoms. The summed E-state index contributed by atoms with van der Waals surface area (Å²) in [6.07, 6.45) is 0.491. The minimum absolute atomic E-state index is 0.0815. The van der Waals surface area contributed by atoms with E-state index in [9.17, 15) is 19.2 Å². The second kappa shape index (κ2) is 9.48. The van der Waals surface area contributed by atoms with Crippen molar-refractivity contribution in [2.24, 2.45) is 0 Å². The number of aryl methyl sites for hydroxylation is 1. The Morgan fingerprint density at radius 2 is 1.48 bits per heavy atom. The molecule has 0 aromatic heterocycles. The Bertz CT molecular complexity index is 1260. The number of fused-ring (bicyclic) bond motifs is 2. The molecule has 1 amide bonds. The highest BCUT2D eigenvalue weighted by Gasteiger charge is 2.31. The molecule has 4 rings (SSSR count). The van der Waals surface area contributed by atoms with Crippen LogP contribution in [0.5, 0.6) is 5.75 Å². The van der Waals surface area contributed by atoms with Crippen LogP contribution in [0.2, 0.25) is 0 Å². The molecule has 0 heterocycles. The molecule has 7 heteroatoms. The van der Waals surface area contributed by atoms with Gasteiger partial charge in [0.05, 0.1) is 18.4 Å². The van der Waals surface area contributed by atoms with Crippen molar-refractivity contribution in [3.8, 4) is 5.75 Å². The Hall–Kier alpha value is -4.26. The van der Waals surface area contributed by atoms with Gasteiger partial charge in [0.15, 0.2) is 18.2 Å². The first-order valence-corrected chi connectivity index (χ1v) is 10.4. The van der Waals surface area contributed by atoms with Crippen LogP contribution < -0.4 is 10.1 Å². The van der Waals surface area contributed by atoms with Gasteiger partial charge in [0.1, 0.15) is 5.75 Å². The third-order valence-electron chi connectivity index (χ3n) is 5.38. The number of esters is 1. The molecule has 0 saturated heterocycles. The number of rotatable bonds is 7. The first-order valence-electron chi connectivity index (χ1n) is 10.4. The van der Waals surface area contributed by atoms with Gasteiger partial charge in [0, 0.05) is 23.1 Å². The van der Waals surface area contributed by atoms with Crippen LogP contribution in [-0.4, -0.2) is 37.2 Å². The number of nitrogens with one attached hydrogen (secondary N) is 1. The van der Waals surface area contributed by atoms with Crippen LogP contribution in [0.25, 0.3) is 0 Å². The fourth-order valence-corrected chi connectivity index (χ4v) is 3.80. The zero-order valence-corrected chi connectivity index (χ0v) is 17.9. The van der Waals surface area contributed by atoms with Crippen molar-refractivity contribution in [2.75, 3.05) is 19.0 Å². The van der Waals surface area contributed by atoms with Crippen LogP contribution in [0.3, 0.4) is 0 Å². The monoisotopic (exact) mass is 443 g/mol. The Labute approximate surface area is 190 Å². The average molecular weight is 443 g/mol. The first kappa shape index (κ1) is 22.0. The van der Waals surface area contributed by atoms with Gasteiger partial charge in [0.2, 0.25) is 0 Å². The molecule has 0 radical (unpaired) electrons. The summed E-state index contributed by atoms with van der Waals surface area (Å²) >= 11 is 0. The lowest BCUT2D eigenvalue weighted by Crippen LogP contribution is -2.26. The highest BCUT2D eigenvalue weighted by molar-refractivity contribution is 6.30. The van der Waals surface area contributed by atoms with E-state index in [1.165, 1.54) is 0 Å². The van der Waals surface area contributed by atoms with E-state index in [1.807, 2.05) is 18.2 Å². The molecule has 0 aliphatic heterocycles. The van der Waals surface area contributed by atoms with Crippen LogP contribution in [0.15, 0.2) is 66.7 Å². The first-order chi connectivity index (χ1) is 16.0. The highest BCUT2D eigenvalue weighted by atomic mass is 16.5. The molecule has 0 saturated carbocycles. The van der Waals surface area contributed by atoms with E-state index < -0.39 is 18.5 Å². The molecule has 1 aliphatic carbocycles. The summed E-state index contributed by atoms with van der Waals surface area (Å²) in [5.74, 6) is -1.08. The van der Waals surface area contributed by atoms with E-state index in [4.69, 9.17) is 9.47 Å². The molecule has 1 aliphatic rings. The molecule has 0 bridgehead atoms. The van der Waals surface area contributed by atoms with Crippen molar-refractivity contribution >= 4 is 29.1 Å². The molecule has 3 aromatic carbocycles. The Morgan fingerprint density at radius 3 is 2.24 bits per heavy atom. The van der Waals surface area contributed by atoms with Gasteiger partial charge < -0.3 is 14.8 Å². The van der Waals surface area contributed by atoms with E-state index in [2.05, 4.69) is 5.32 Å². The van der Waals surface area contributed by atoms with Gasteiger partial charge in [-0.3, -0.25) is 19.2 Å². The average Bonchev–Trinajstić information content (AvgIpc) is 2.84. The van der Waals surface area contributed by atoms with Gasteiger partial charge in [-0.05, 0) is 24.1 Å². The predicted molar refractivity (Wildman–Crippen MR) is 121 cm³/mol. The van der Waals surface area contributed by atoms with Gasteiger partial charge in [-0.1, -0.05) is 54.6 Å². The summed E-state index contributed by atoms with van der Waals surface area (Å²) in [6.45, 7) is -0.507. The predicted octanol–water partition coefficient (Wildman–Crippen LogP) is 3.59. The molecule has 7 nitrogen and oxygen atoms in total. The van der Waals surface area contributed by atoms with E-state index in [1.54, 1.807) is 55.6 Å². The molecule has 3 aromatic rings. The third kappa shape index (κ3) is 4.52. The van der Waals surface area contributed by atoms with Gasteiger partial charge >= 0.3 is 5.97 Å². The number of benzene rings is 3. The maximum absolute atomic E-state index is 13.0. The SMILES string of the molecule is COc1ccccc1CCC(=O)OCC(=O)Nc1cccc2c1C(=O)c1ccccc1C2=O. The zero-order chi connectivity index (χ0) is 23.4. The Balaban J connectivity index is 1.39. The molecule has 166 valence electrons. The van der Waals surface area contributed by atoms with Crippen LogP contribution in [-0.2, 0) is 20.7 Å². The van der Waals surface area contributed by atoms with Crippen molar-refractivity contribution in [3.63, 3.8) is 0 Å². The number of carbonyl (C=O) groups excluding carboxylic acids is 4. The molecule has 1 N–H and O–H groups in total. The number of anilines is 1. The normalized spacial score (nSPS) is 11.9. The summed E-state index contributed by atoms with van der Waals surface area (Å²) in [5.41, 5.74) is 2.06. The molecule has 33 heavy (non-hydrogen) atoms. The summed E-state index contributed by atoms with van der Waals surface area (Å²) < 4.78 is 10.3. The lowest BCUT2D eigenvalue weighted by atomic mass is 9.83. The van der Waals surface area contributed by atoms with E-state index in [0.717, 1.165) is 5.56 Å². The second-order valence-corrected chi connectivity index (χ2v) is 7.45. The van der Waals surface area contributed by atoms with E-state index in [0.29, 0.717) is 23.3 Å². The minimum atomic E-state index is -0.604. The number of ether oxygens (including phenoxy) is 2. The highest BCUT2D eigenvalue weighted by Crippen LogP contribution is 2.31. The number of hydrogen-bond acceptors (Lipinski definition) is 6. The van der Waals surface area contributed by atoms with Crippen LogP contribution in [0, 0.1) is 0 Å². The number of hydrogen-bond donors (Lipinski definition) is 1. The number of amides is 1. The number of para-hydroxylation sites is 1. The fraction of sp³-hybridized carbons (Fsp3) is 0.154. The zero-order valence-electron chi connectivity index (χ0n) is 17.9. The van der Waals surface area contributed by atoms with Crippen molar-refractivity contribution in [1.82, 2.24) is 0 Å². The molecular formula is C26H21NO6. The quantitative estimate of drug-likeness (QED) is 0.439. The summed E-state index contributed by atoms with van der Waals surface area (Å²) in [7, 11) is 1.56. The van der Waals surface area contributed by atoms with Crippen molar-refractivity contribution in [2.45, 2.75) is 12.8 Å². The third-order valence-corrected chi connectivity index (χ3v) is 5.38. The Kier molecular flexibility index (Phi) is 6.31. The van der Waals surface area contributed by atoms with Gasteiger partial charge in [-0.2, -0.15) is 0 Å². The molecule has 0 fully saturated rings. The van der Waals surface area contributed by atoms with Crippen LogP contribution in [0.1, 0.15) is 43.8 Å². The van der Waals surface area contributed by atoms with E-state index >= 15 is 0 Å². The van der Waals surface area contributed by atoms with Gasteiger partial charge in [-0.15, -0.1) is 0 Å². The maximum atomic E-state index is 13.0. The lowest BCUT2D eigenvalue weighted by molar-refractivity contribution is -0.147. The van der Waals surface area contributed by atoms with Crippen LogP contribution in [0.4, 0.5) is 5.69 Å². The van der Waals surface area contributed by atoms with Crippen molar-refractivity contribution in [3.05, 3.63) is 94.5 Å². The molecule has 0 unspecified atom stereocenters. The summed E-state index contributed by atoms with van der Waals surface area (Å²) in [6, 6.07) is 18.6. The number of carbonyl (C=O) groups is 4. The number of methoxy groups -OCH3 is 1. The summed E-state index contributed by atoms with van der Waals surface area (Å²) in [4.78, 5) is 50.3. The Morgan fingerprint density at radius 1 is 0.818 bits per heavy atom. The fourth-order valence-electron chi connectivity index (χ4n) is 3.80. The molecule has 0 atom stereocenters.